The molecule has 0 aromatic carbocycles. The molecule has 0 aliphatic rings. The molecule has 66 valence electrons. The fraction of sp³-hybridized carbons (Fsp3) is 0.182. The number of aromatic nitrogens is 1. The molecule has 0 saturated heterocycles. The monoisotopic (exact) mass is 174 g/mol. The van der Waals surface area contributed by atoms with E-state index in [1.54, 1.807) is 6.26 Å². The Morgan fingerprint density at radius 2 is 2.08 bits per heavy atom. The zero-order chi connectivity index (χ0) is 9.26. The van der Waals surface area contributed by atoms with Crippen LogP contribution in [-0.4, -0.2) is 0 Å². The molecular weight excluding hydrogens is 162 g/mol. The summed E-state index contributed by atoms with van der Waals surface area (Å²) in [6.45, 7) is 2.05. The molecule has 0 unspecified atom stereocenters. The fourth-order valence-corrected chi connectivity index (χ4v) is 1.39. The smallest absolute Gasteiger partial charge is 0.248 e. The van der Waals surface area contributed by atoms with Crippen molar-refractivity contribution in [3.63, 3.8) is 0 Å². The molecule has 2 rings (SSSR count). The summed E-state index contributed by atoms with van der Waals surface area (Å²) in [4.78, 5) is 0. The molecule has 2 nitrogen and oxygen atoms in total. The van der Waals surface area contributed by atoms with Gasteiger partial charge in [0, 0.05) is 17.7 Å². The number of hydrogen-bond acceptors (Lipinski definition) is 1. The van der Waals surface area contributed by atoms with Crippen molar-refractivity contribution in [1.29, 1.82) is 0 Å². The van der Waals surface area contributed by atoms with Crippen LogP contribution in [0.15, 0.2) is 41.1 Å². The van der Waals surface area contributed by atoms with Crippen molar-refractivity contribution in [2.45, 2.75) is 6.92 Å². The first-order valence-electron chi connectivity index (χ1n) is 4.28. The largest absolute Gasteiger partial charge is 0.458 e. The van der Waals surface area contributed by atoms with Gasteiger partial charge in [0.15, 0.2) is 6.20 Å². The van der Waals surface area contributed by atoms with E-state index in [2.05, 4.69) is 0 Å². The van der Waals surface area contributed by atoms with Crippen molar-refractivity contribution >= 4 is 0 Å². The van der Waals surface area contributed by atoms with Gasteiger partial charge in [0.05, 0.1) is 6.26 Å². The highest BCUT2D eigenvalue weighted by Crippen LogP contribution is 2.19. The average molecular weight is 174 g/mol. The molecule has 0 aliphatic carbocycles. The van der Waals surface area contributed by atoms with Crippen LogP contribution in [0.3, 0.4) is 0 Å². The van der Waals surface area contributed by atoms with Gasteiger partial charge in [-0.2, -0.15) is 4.57 Å². The van der Waals surface area contributed by atoms with Crippen LogP contribution in [0.1, 0.15) is 5.56 Å². The van der Waals surface area contributed by atoms with Crippen LogP contribution < -0.4 is 4.57 Å². The fourth-order valence-electron chi connectivity index (χ4n) is 1.39. The Labute approximate surface area is 77.4 Å². The van der Waals surface area contributed by atoms with Gasteiger partial charge < -0.3 is 4.42 Å². The topological polar surface area (TPSA) is 17.0 Å². The van der Waals surface area contributed by atoms with Gasteiger partial charge >= 0.3 is 0 Å². The third kappa shape index (κ3) is 1.35. The molecule has 0 fully saturated rings. The predicted molar refractivity (Wildman–Crippen MR) is 50.1 cm³/mol. The number of furan rings is 1. The Balaban J connectivity index is 2.59. The normalized spacial score (nSPS) is 10.3. The molecule has 2 heterocycles. The summed E-state index contributed by atoms with van der Waals surface area (Å²) in [6, 6.07) is 8.03. The Morgan fingerprint density at radius 1 is 1.23 bits per heavy atom. The van der Waals surface area contributed by atoms with Crippen molar-refractivity contribution in [2.75, 3.05) is 0 Å². The second-order valence-corrected chi connectivity index (χ2v) is 3.13. The second-order valence-electron chi connectivity index (χ2n) is 3.13. The maximum Gasteiger partial charge on any atom is 0.248 e. The van der Waals surface area contributed by atoms with E-state index in [9.17, 15) is 0 Å². The molecule has 0 amide bonds. The summed E-state index contributed by atoms with van der Waals surface area (Å²) in [5, 5.41) is 0. The SMILES string of the molecule is Cc1ccoc1-c1cccc[n+]1C. The number of pyridine rings is 1. The summed E-state index contributed by atoms with van der Waals surface area (Å²) < 4.78 is 7.46. The Kier molecular flexibility index (Phi) is 1.89. The highest BCUT2D eigenvalue weighted by atomic mass is 16.3. The third-order valence-electron chi connectivity index (χ3n) is 2.15. The van der Waals surface area contributed by atoms with Crippen molar-refractivity contribution in [2.24, 2.45) is 7.05 Å². The molecule has 13 heavy (non-hydrogen) atoms. The van der Waals surface area contributed by atoms with Gasteiger partial charge in [0.1, 0.15) is 7.05 Å². The van der Waals surface area contributed by atoms with E-state index in [1.165, 1.54) is 5.56 Å². The van der Waals surface area contributed by atoms with Crippen LogP contribution in [0.5, 0.6) is 0 Å². The molecule has 0 N–H and O–H groups in total. The van der Waals surface area contributed by atoms with Gasteiger partial charge in [0.25, 0.3) is 0 Å². The lowest BCUT2D eigenvalue weighted by molar-refractivity contribution is -0.660. The van der Waals surface area contributed by atoms with E-state index < -0.39 is 0 Å². The third-order valence-corrected chi connectivity index (χ3v) is 2.15. The highest BCUT2D eigenvalue weighted by Gasteiger charge is 2.13. The van der Waals surface area contributed by atoms with E-state index in [0.29, 0.717) is 0 Å². The van der Waals surface area contributed by atoms with Crippen molar-refractivity contribution in [3.05, 3.63) is 42.3 Å². The number of nitrogens with zero attached hydrogens (tertiary/aromatic N) is 1. The first-order valence-corrected chi connectivity index (χ1v) is 4.28. The van der Waals surface area contributed by atoms with Crippen LogP contribution in [0, 0.1) is 6.92 Å². The van der Waals surface area contributed by atoms with Crippen molar-refractivity contribution < 1.29 is 8.98 Å². The Bertz CT molecular complexity index is 418. The van der Waals surface area contributed by atoms with Crippen molar-refractivity contribution in [3.8, 4) is 11.5 Å². The van der Waals surface area contributed by atoms with Crippen LogP contribution in [-0.2, 0) is 7.05 Å². The zero-order valence-corrected chi connectivity index (χ0v) is 7.82. The summed E-state index contributed by atoms with van der Waals surface area (Å²) >= 11 is 0. The van der Waals surface area contributed by atoms with Crippen LogP contribution >= 0.6 is 0 Å². The minimum atomic E-state index is 0.947. The molecule has 0 saturated carbocycles. The van der Waals surface area contributed by atoms with Crippen molar-refractivity contribution in [1.82, 2.24) is 0 Å². The Morgan fingerprint density at radius 3 is 2.69 bits per heavy atom. The standard InChI is InChI=1S/C11H12NO/c1-9-6-8-13-11(9)10-5-3-4-7-12(10)2/h3-8H,1-2H3/q+1. The van der Waals surface area contributed by atoms with Gasteiger partial charge in [-0.3, -0.25) is 0 Å². The minimum Gasteiger partial charge on any atom is -0.458 e. The quantitative estimate of drug-likeness (QED) is 0.605. The lowest BCUT2D eigenvalue weighted by Gasteiger charge is -1.96. The summed E-state index contributed by atoms with van der Waals surface area (Å²) in [7, 11) is 2.01. The molecule has 0 bridgehead atoms. The molecule has 2 heteroatoms. The van der Waals surface area contributed by atoms with Crippen LogP contribution in [0.4, 0.5) is 0 Å². The maximum atomic E-state index is 5.41. The number of rotatable bonds is 1. The van der Waals surface area contributed by atoms with Gasteiger partial charge in [-0.15, -0.1) is 0 Å². The number of aryl methyl sites for hydroxylation is 2. The van der Waals surface area contributed by atoms with E-state index in [1.807, 2.05) is 49.0 Å². The minimum absolute atomic E-state index is 0.947. The first-order chi connectivity index (χ1) is 6.29. The average Bonchev–Trinajstić information content (AvgIpc) is 2.52. The summed E-state index contributed by atoms with van der Waals surface area (Å²) in [5.41, 5.74) is 2.27. The molecule has 0 spiro atoms. The van der Waals surface area contributed by atoms with Gasteiger partial charge in [-0.1, -0.05) is 0 Å². The van der Waals surface area contributed by atoms with Gasteiger partial charge in [0.2, 0.25) is 11.5 Å². The van der Waals surface area contributed by atoms with Crippen LogP contribution in [0.2, 0.25) is 0 Å². The molecule has 2 aromatic rings. The second kappa shape index (κ2) is 3.05. The molecule has 0 aliphatic heterocycles. The Hall–Kier alpha value is -1.57. The molecular formula is C11H12NO+. The highest BCUT2D eigenvalue weighted by molar-refractivity contribution is 5.52. The summed E-state index contributed by atoms with van der Waals surface area (Å²) in [6.07, 6.45) is 3.73. The van der Waals surface area contributed by atoms with Crippen LogP contribution in [0.25, 0.3) is 11.5 Å². The zero-order valence-electron chi connectivity index (χ0n) is 7.82. The van der Waals surface area contributed by atoms with Gasteiger partial charge in [-0.25, -0.2) is 0 Å². The van der Waals surface area contributed by atoms with E-state index >= 15 is 0 Å². The van der Waals surface area contributed by atoms with E-state index in [-0.39, 0.29) is 0 Å². The maximum absolute atomic E-state index is 5.41. The molecule has 0 radical (unpaired) electrons. The molecule has 2 aromatic heterocycles. The molecule has 0 atom stereocenters. The predicted octanol–water partition coefficient (Wildman–Crippen LogP) is 2.08. The first kappa shape index (κ1) is 8.05. The summed E-state index contributed by atoms with van der Waals surface area (Å²) in [5.74, 6) is 0.947. The lowest BCUT2D eigenvalue weighted by Crippen LogP contribution is -2.29. The van der Waals surface area contributed by atoms with Gasteiger partial charge in [-0.05, 0) is 19.1 Å². The van der Waals surface area contributed by atoms with E-state index in [4.69, 9.17) is 4.42 Å². The lowest BCUT2D eigenvalue weighted by atomic mass is 10.2. The van der Waals surface area contributed by atoms with E-state index in [0.717, 1.165) is 11.5 Å². The number of hydrogen-bond donors (Lipinski definition) is 0.